The Morgan fingerprint density at radius 2 is 2.08 bits per heavy atom. The Kier molecular flexibility index (Phi) is 3.51. The minimum atomic E-state index is -1.86. The van der Waals surface area contributed by atoms with Gasteiger partial charge in [-0.2, -0.15) is 0 Å². The van der Waals surface area contributed by atoms with Crippen LogP contribution in [0.3, 0.4) is 0 Å². The summed E-state index contributed by atoms with van der Waals surface area (Å²) in [6, 6.07) is 0. The van der Waals surface area contributed by atoms with Crippen molar-refractivity contribution < 1.29 is 14.8 Å². The van der Waals surface area contributed by atoms with Crippen molar-refractivity contribution in [1.82, 2.24) is 5.32 Å². The van der Waals surface area contributed by atoms with E-state index in [1.807, 2.05) is 6.66 Å². The second-order valence-corrected chi connectivity index (χ2v) is 8.12. The van der Waals surface area contributed by atoms with Gasteiger partial charge < -0.3 is 0 Å². The second kappa shape index (κ2) is 4.25. The van der Waals surface area contributed by atoms with E-state index in [-0.39, 0.29) is 0 Å². The molecule has 3 N–H and O–H groups in total. The van der Waals surface area contributed by atoms with Crippen LogP contribution in [0.2, 0.25) is 0 Å². The van der Waals surface area contributed by atoms with Gasteiger partial charge >= 0.3 is 78.0 Å². The van der Waals surface area contributed by atoms with Crippen molar-refractivity contribution in [2.45, 2.75) is 12.8 Å². The number of hydrogen-bond acceptors (Lipinski definition) is 2. The molecule has 0 bridgehead atoms. The van der Waals surface area contributed by atoms with Gasteiger partial charge in [0.05, 0.1) is 0 Å². The van der Waals surface area contributed by atoms with Crippen LogP contribution in [0.1, 0.15) is 12.8 Å². The Balaban J connectivity index is 2.21. The summed E-state index contributed by atoms with van der Waals surface area (Å²) in [6.45, 7) is 2.52. The van der Waals surface area contributed by atoms with E-state index in [0.29, 0.717) is 12.5 Å². The molecule has 0 saturated carbocycles. The Labute approximate surface area is 78.8 Å². The van der Waals surface area contributed by atoms with Crippen LogP contribution < -0.4 is 5.32 Å². The fourth-order valence-electron chi connectivity index (χ4n) is 1.74. The first-order valence-corrected chi connectivity index (χ1v) is 7.55. The molecular weight excluding hydrogens is 189 g/mol. The summed E-state index contributed by atoms with van der Waals surface area (Å²) >= 11 is 0. The molecule has 4 nitrogen and oxygen atoms in total. The third kappa shape index (κ3) is 3.92. The van der Waals surface area contributed by atoms with E-state index in [1.165, 1.54) is 0 Å². The maximum atomic E-state index is 10.2. The van der Waals surface area contributed by atoms with E-state index in [9.17, 15) is 9.69 Å². The van der Waals surface area contributed by atoms with Crippen molar-refractivity contribution in [1.29, 1.82) is 0 Å². The first-order chi connectivity index (χ1) is 5.99. The third-order valence-electron chi connectivity index (χ3n) is 2.72. The van der Waals surface area contributed by atoms with Gasteiger partial charge in [-0.25, -0.2) is 0 Å². The summed E-state index contributed by atoms with van der Waals surface area (Å²) in [7, 11) is -1.86. The first-order valence-electron chi connectivity index (χ1n) is 4.69. The molecule has 0 spiro atoms. The number of carbonyl (C=O) groups is 1. The maximum absolute atomic E-state index is 10.2. The second-order valence-electron chi connectivity index (χ2n) is 4.13. The van der Waals surface area contributed by atoms with E-state index in [0.717, 1.165) is 25.2 Å². The van der Waals surface area contributed by atoms with Crippen molar-refractivity contribution in [2.24, 2.45) is 5.92 Å². The summed E-state index contributed by atoms with van der Waals surface area (Å²) in [5.41, 5.74) is 0. The summed E-state index contributed by atoms with van der Waals surface area (Å²) in [4.78, 5) is 20.0. The summed E-state index contributed by atoms with van der Waals surface area (Å²) in [5, 5.41) is 10.8. The molecule has 0 radical (unpaired) electrons. The number of amides is 1. The van der Waals surface area contributed by atoms with Gasteiger partial charge in [-0.15, -0.1) is 0 Å². The van der Waals surface area contributed by atoms with Crippen LogP contribution in [0, 0.1) is 5.92 Å². The fraction of sp³-hybridized carbons (Fsp3) is 0.875. The van der Waals surface area contributed by atoms with E-state index in [2.05, 4.69) is 5.32 Å². The average Bonchev–Trinajstić information content (AvgIpc) is 2.02. The van der Waals surface area contributed by atoms with Gasteiger partial charge in [0.25, 0.3) is 0 Å². The topological polar surface area (TPSA) is 69.6 Å². The van der Waals surface area contributed by atoms with Gasteiger partial charge in [0.15, 0.2) is 0 Å². The monoisotopic (exact) mass is 207 g/mol. The molecule has 1 rings (SSSR count). The van der Waals surface area contributed by atoms with Gasteiger partial charge in [0.1, 0.15) is 0 Å². The summed E-state index contributed by atoms with van der Waals surface area (Å²) < 4.78 is 0. The fourth-order valence-corrected chi connectivity index (χ4v) is 4.05. The molecule has 0 aliphatic carbocycles. The van der Waals surface area contributed by atoms with Gasteiger partial charge in [0, 0.05) is 0 Å². The molecule has 1 heterocycles. The summed E-state index contributed by atoms with van der Waals surface area (Å²) in [5.74, 6) is 0.434. The van der Waals surface area contributed by atoms with Crippen LogP contribution in [0.4, 0.5) is 4.79 Å². The Morgan fingerprint density at radius 1 is 1.54 bits per heavy atom. The molecule has 0 aromatic rings. The van der Waals surface area contributed by atoms with E-state index >= 15 is 0 Å². The van der Waals surface area contributed by atoms with Gasteiger partial charge in [-0.3, -0.25) is 0 Å². The van der Waals surface area contributed by atoms with Crippen LogP contribution in [-0.4, -0.2) is 41.6 Å². The molecule has 0 atom stereocenters. The molecule has 1 aliphatic heterocycles. The molecule has 1 aliphatic rings. The zero-order chi connectivity index (χ0) is 9.90. The van der Waals surface area contributed by atoms with Gasteiger partial charge in [-0.05, 0) is 0 Å². The quantitative estimate of drug-likeness (QED) is 0.590. The molecule has 1 saturated heterocycles. The van der Waals surface area contributed by atoms with Crippen LogP contribution in [-0.2, 0) is 0 Å². The Bertz CT molecular complexity index is 186. The van der Waals surface area contributed by atoms with Crippen molar-refractivity contribution in [3.8, 4) is 0 Å². The number of nitrogens with one attached hydrogen (secondary N) is 1. The van der Waals surface area contributed by atoms with Crippen LogP contribution >= 0.6 is 7.49 Å². The van der Waals surface area contributed by atoms with Crippen molar-refractivity contribution in [3.05, 3.63) is 0 Å². The normalized spacial score (nSPS) is 29.2. The Morgan fingerprint density at radius 3 is 2.54 bits per heavy atom. The van der Waals surface area contributed by atoms with Crippen molar-refractivity contribution in [2.75, 3.05) is 25.5 Å². The predicted octanol–water partition coefficient (Wildman–Crippen LogP) is 0.951. The van der Waals surface area contributed by atoms with Crippen LogP contribution in [0.15, 0.2) is 0 Å². The van der Waals surface area contributed by atoms with E-state index < -0.39 is 13.6 Å². The number of carboxylic acid groups (broad SMARTS) is 1. The molecule has 5 heteroatoms. The van der Waals surface area contributed by atoms with E-state index in [1.54, 1.807) is 0 Å². The molecule has 0 aromatic heterocycles. The zero-order valence-corrected chi connectivity index (χ0v) is 8.92. The molecular formula is C8H18NO3P. The molecule has 1 amide bonds. The van der Waals surface area contributed by atoms with Crippen molar-refractivity contribution >= 4 is 13.6 Å². The number of rotatable bonds is 2. The Hall–Kier alpha value is -0.340. The standard InChI is InChI=1S/C8H18NO3P/c1-13(12)4-2-7(3-5-13)6-9-8(10)11/h7,9,12-13H,2-6H2,1H3,(H,10,11). The molecule has 1 fully saturated rings. The van der Waals surface area contributed by atoms with Crippen LogP contribution in [0.5, 0.6) is 0 Å². The minimum absolute atomic E-state index is 0.434. The predicted molar refractivity (Wildman–Crippen MR) is 54.9 cm³/mol. The average molecular weight is 207 g/mol. The van der Waals surface area contributed by atoms with Crippen molar-refractivity contribution in [3.63, 3.8) is 0 Å². The van der Waals surface area contributed by atoms with Gasteiger partial charge in [-0.1, -0.05) is 0 Å². The van der Waals surface area contributed by atoms with Gasteiger partial charge in [0.2, 0.25) is 0 Å². The number of hydrogen-bond donors (Lipinski definition) is 3. The molecule has 0 unspecified atom stereocenters. The SMILES string of the molecule is C[PH]1(O)CCC(CNC(=O)O)CC1. The summed E-state index contributed by atoms with van der Waals surface area (Å²) in [6.07, 6.45) is 2.83. The molecule has 13 heavy (non-hydrogen) atoms. The van der Waals surface area contributed by atoms with Crippen LogP contribution in [0.25, 0.3) is 0 Å². The molecule has 0 aromatic carbocycles. The van der Waals surface area contributed by atoms with E-state index in [4.69, 9.17) is 5.11 Å². The third-order valence-corrected chi connectivity index (χ3v) is 5.46. The molecule has 78 valence electrons. The first kappa shape index (κ1) is 10.7. The zero-order valence-electron chi connectivity index (χ0n) is 7.92.